The van der Waals surface area contributed by atoms with E-state index in [0.29, 0.717) is 46.4 Å². The van der Waals surface area contributed by atoms with Crippen molar-refractivity contribution in [3.05, 3.63) is 82.9 Å². The molecule has 0 spiro atoms. The molecule has 11 heteroatoms. The molecule has 3 aliphatic rings. The minimum Gasteiger partial charge on any atom is -0.379 e. The number of hydrogen-bond donors (Lipinski definition) is 2. The van der Waals surface area contributed by atoms with Gasteiger partial charge < -0.3 is 20.1 Å². The van der Waals surface area contributed by atoms with Crippen LogP contribution in [0.3, 0.4) is 0 Å². The van der Waals surface area contributed by atoms with Gasteiger partial charge in [0.1, 0.15) is 5.39 Å². The molecule has 0 atom stereocenters. The number of nitrogens with one attached hydrogen (secondary N) is 1. The van der Waals surface area contributed by atoms with Crippen LogP contribution < -0.4 is 10.9 Å². The first kappa shape index (κ1) is 28.4. The standard InChI is InChI=1S/C33H37N7O4/c1-3-17-39-31(42)26-18-34-32(37-29(26)40(39)28-6-4-5-27(36-28)33(43)19-44-20-33)35-24-13-9-21(10-14-24)22-11-15-25(16-12-22)38(2)30(41)23-7-8-23/h3-6,9-10,13-14,18,22-23,25,43H,1,7-8,11-12,15-17,19-20H2,2H3,(H,34,35,37). The van der Waals surface area contributed by atoms with E-state index in [1.165, 1.54) is 16.4 Å². The van der Waals surface area contributed by atoms with Crippen LogP contribution in [0.5, 0.6) is 0 Å². The van der Waals surface area contributed by atoms with Crippen molar-refractivity contribution in [3.63, 3.8) is 0 Å². The molecule has 3 aromatic heterocycles. The van der Waals surface area contributed by atoms with Crippen LogP contribution in [0.15, 0.2) is 66.1 Å². The minimum absolute atomic E-state index is 0.171. The summed E-state index contributed by atoms with van der Waals surface area (Å²) in [4.78, 5) is 41.7. The lowest BCUT2D eigenvalue weighted by Crippen LogP contribution is -2.47. The van der Waals surface area contributed by atoms with Crippen LogP contribution in [0.1, 0.15) is 55.7 Å². The van der Waals surface area contributed by atoms with E-state index in [2.05, 4.69) is 34.0 Å². The Morgan fingerprint density at radius 1 is 1.11 bits per heavy atom. The van der Waals surface area contributed by atoms with Crippen molar-refractivity contribution in [2.24, 2.45) is 5.92 Å². The monoisotopic (exact) mass is 595 g/mol. The van der Waals surface area contributed by atoms with E-state index in [1.807, 2.05) is 24.1 Å². The first-order valence-electron chi connectivity index (χ1n) is 15.4. The van der Waals surface area contributed by atoms with Crippen molar-refractivity contribution >= 4 is 28.6 Å². The molecule has 11 nitrogen and oxygen atoms in total. The molecule has 2 aliphatic carbocycles. The van der Waals surface area contributed by atoms with Gasteiger partial charge in [-0.05, 0) is 74.3 Å². The highest BCUT2D eigenvalue weighted by Gasteiger charge is 2.40. The molecule has 4 aromatic rings. The number of hydrogen-bond acceptors (Lipinski definition) is 8. The van der Waals surface area contributed by atoms with Crippen LogP contribution in [-0.2, 0) is 21.7 Å². The Morgan fingerprint density at radius 2 is 1.86 bits per heavy atom. The first-order valence-corrected chi connectivity index (χ1v) is 15.4. The third-order valence-electron chi connectivity index (χ3n) is 9.24. The molecule has 0 radical (unpaired) electrons. The van der Waals surface area contributed by atoms with Crippen molar-refractivity contribution in [2.45, 2.75) is 62.6 Å². The van der Waals surface area contributed by atoms with E-state index in [4.69, 9.17) is 9.72 Å². The first-order chi connectivity index (χ1) is 21.3. The highest BCUT2D eigenvalue weighted by molar-refractivity contribution is 5.81. The maximum absolute atomic E-state index is 13.3. The number of ether oxygens (including phenoxy) is 1. The highest BCUT2D eigenvalue weighted by Crippen LogP contribution is 2.37. The molecule has 1 aromatic carbocycles. The molecule has 1 saturated heterocycles. The summed E-state index contributed by atoms with van der Waals surface area (Å²) in [6.45, 7) is 4.39. The zero-order chi connectivity index (χ0) is 30.4. The number of aliphatic hydroxyl groups is 1. The smallest absolute Gasteiger partial charge is 0.278 e. The van der Waals surface area contributed by atoms with Gasteiger partial charge in [0.25, 0.3) is 5.56 Å². The minimum atomic E-state index is -1.15. The molecule has 3 fully saturated rings. The van der Waals surface area contributed by atoms with Crippen molar-refractivity contribution in [3.8, 4) is 5.82 Å². The molecule has 2 saturated carbocycles. The summed E-state index contributed by atoms with van der Waals surface area (Å²) in [6.07, 6.45) is 9.46. The van der Waals surface area contributed by atoms with Crippen molar-refractivity contribution in [1.29, 1.82) is 0 Å². The molecule has 4 heterocycles. The van der Waals surface area contributed by atoms with Gasteiger partial charge in [-0.15, -0.1) is 6.58 Å². The Labute approximate surface area is 255 Å². The number of carbonyl (C=O) groups excluding carboxylic acids is 1. The third-order valence-corrected chi connectivity index (χ3v) is 9.24. The van der Waals surface area contributed by atoms with Gasteiger partial charge in [-0.25, -0.2) is 19.3 Å². The molecule has 7 rings (SSSR count). The summed E-state index contributed by atoms with van der Waals surface area (Å²) in [6, 6.07) is 14.0. The number of allylic oxidation sites excluding steroid dienone is 1. The molecule has 44 heavy (non-hydrogen) atoms. The predicted octanol–water partition coefficient (Wildman–Crippen LogP) is 4.02. The largest absolute Gasteiger partial charge is 0.379 e. The lowest BCUT2D eigenvalue weighted by atomic mass is 9.81. The Hall–Kier alpha value is -4.35. The topological polar surface area (TPSA) is 127 Å². The lowest BCUT2D eigenvalue weighted by molar-refractivity contribution is -0.186. The van der Waals surface area contributed by atoms with Crippen LogP contribution in [0.2, 0.25) is 0 Å². The average Bonchev–Trinajstić information content (AvgIpc) is 3.85. The lowest BCUT2D eigenvalue weighted by Gasteiger charge is -2.35. The van der Waals surface area contributed by atoms with Gasteiger partial charge >= 0.3 is 0 Å². The number of anilines is 2. The average molecular weight is 596 g/mol. The third kappa shape index (κ3) is 5.20. The second-order valence-corrected chi connectivity index (χ2v) is 12.3. The van der Waals surface area contributed by atoms with Gasteiger partial charge in [-0.1, -0.05) is 24.3 Å². The maximum Gasteiger partial charge on any atom is 0.278 e. The molecule has 1 aliphatic heterocycles. The fraction of sp³-hybridized carbons (Fsp3) is 0.424. The van der Waals surface area contributed by atoms with E-state index in [-0.39, 0.29) is 31.2 Å². The van der Waals surface area contributed by atoms with E-state index >= 15 is 0 Å². The SMILES string of the molecule is C=CCn1c(=O)c2cnc(Nc3ccc(C4CCC(N(C)C(=O)C5CC5)CC4)cc3)nc2n1-c1cccc(C2(O)COC2)n1. The molecular formula is C33H37N7O4. The van der Waals surface area contributed by atoms with Crippen molar-refractivity contribution in [2.75, 3.05) is 25.6 Å². The van der Waals surface area contributed by atoms with E-state index in [0.717, 1.165) is 44.2 Å². The number of carbonyl (C=O) groups is 1. The van der Waals surface area contributed by atoms with Gasteiger partial charge in [-0.2, -0.15) is 4.98 Å². The summed E-state index contributed by atoms with van der Waals surface area (Å²) in [7, 11) is 1.97. The van der Waals surface area contributed by atoms with Crippen molar-refractivity contribution < 1.29 is 14.6 Å². The molecular weight excluding hydrogens is 558 g/mol. The van der Waals surface area contributed by atoms with Crippen molar-refractivity contribution in [1.82, 2.24) is 29.2 Å². The van der Waals surface area contributed by atoms with Gasteiger partial charge in [0.2, 0.25) is 11.9 Å². The fourth-order valence-corrected chi connectivity index (χ4v) is 6.41. The summed E-state index contributed by atoms with van der Waals surface area (Å²) >= 11 is 0. The second kappa shape index (κ2) is 11.3. The number of aromatic nitrogens is 5. The number of benzene rings is 1. The molecule has 2 N–H and O–H groups in total. The summed E-state index contributed by atoms with van der Waals surface area (Å²) in [5.74, 6) is 1.87. The zero-order valence-corrected chi connectivity index (χ0v) is 24.9. The maximum atomic E-state index is 13.3. The second-order valence-electron chi connectivity index (χ2n) is 12.3. The van der Waals surface area contributed by atoms with Crippen LogP contribution in [-0.4, -0.2) is 66.5 Å². The normalized spacial score (nSPS) is 21.0. The summed E-state index contributed by atoms with van der Waals surface area (Å²) in [5, 5.41) is 14.4. The number of nitrogens with zero attached hydrogens (tertiary/aromatic N) is 6. The van der Waals surface area contributed by atoms with Crippen LogP contribution in [0, 0.1) is 5.92 Å². The van der Waals surface area contributed by atoms with Gasteiger partial charge in [0.05, 0.1) is 25.5 Å². The van der Waals surface area contributed by atoms with E-state index < -0.39 is 5.60 Å². The number of rotatable bonds is 9. The van der Waals surface area contributed by atoms with Crippen LogP contribution in [0.4, 0.5) is 11.6 Å². The Kier molecular flexibility index (Phi) is 7.30. The van der Waals surface area contributed by atoms with E-state index in [1.54, 1.807) is 29.0 Å². The van der Waals surface area contributed by atoms with Crippen LogP contribution in [0.25, 0.3) is 16.9 Å². The van der Waals surface area contributed by atoms with E-state index in [9.17, 15) is 14.7 Å². The zero-order valence-electron chi connectivity index (χ0n) is 24.9. The Bertz CT molecular complexity index is 1760. The summed E-state index contributed by atoms with van der Waals surface area (Å²) < 4.78 is 8.36. The van der Waals surface area contributed by atoms with Gasteiger partial charge in [0, 0.05) is 30.9 Å². The number of pyridine rings is 1. The highest BCUT2D eigenvalue weighted by atomic mass is 16.5. The molecule has 0 unspecified atom stereocenters. The molecule has 228 valence electrons. The van der Waals surface area contributed by atoms with Gasteiger partial charge in [0.15, 0.2) is 17.1 Å². The van der Waals surface area contributed by atoms with Gasteiger partial charge in [-0.3, -0.25) is 9.59 Å². The Balaban J connectivity index is 1.10. The predicted molar refractivity (Wildman–Crippen MR) is 166 cm³/mol. The fourth-order valence-electron chi connectivity index (χ4n) is 6.41. The Morgan fingerprint density at radius 3 is 2.52 bits per heavy atom. The van der Waals surface area contributed by atoms with Crippen LogP contribution >= 0.6 is 0 Å². The quantitative estimate of drug-likeness (QED) is 0.278. The molecule has 1 amide bonds. The number of amides is 1. The number of fused-ring (bicyclic) bond motifs is 1. The molecule has 0 bridgehead atoms. The summed E-state index contributed by atoms with van der Waals surface area (Å²) in [5.41, 5.74) is 1.59.